The predicted octanol–water partition coefficient (Wildman–Crippen LogP) is 4.78. The highest BCUT2D eigenvalue weighted by atomic mass is 19.4. The summed E-state index contributed by atoms with van der Waals surface area (Å²) in [5, 5.41) is 12.3. The molecule has 0 aliphatic rings. The van der Waals surface area contributed by atoms with Crippen LogP contribution >= 0.6 is 0 Å². The van der Waals surface area contributed by atoms with Gasteiger partial charge in [0.05, 0.1) is 11.1 Å². The number of nitrogens with one attached hydrogen (secondary N) is 1. The van der Waals surface area contributed by atoms with E-state index in [1.807, 2.05) is 20.8 Å². The van der Waals surface area contributed by atoms with Gasteiger partial charge < -0.3 is 10.4 Å². The second-order valence-electron chi connectivity index (χ2n) is 5.03. The molecule has 1 aromatic rings. The molecule has 0 atom stereocenters. The van der Waals surface area contributed by atoms with Gasteiger partial charge in [0.1, 0.15) is 0 Å². The first-order valence-corrected chi connectivity index (χ1v) is 6.91. The van der Waals surface area contributed by atoms with E-state index in [1.165, 1.54) is 6.07 Å². The Labute approximate surface area is 122 Å². The van der Waals surface area contributed by atoms with Crippen LogP contribution in [0.5, 0.6) is 0 Å². The quantitative estimate of drug-likeness (QED) is 0.794. The molecule has 0 amide bonds. The molecule has 0 unspecified atom stereocenters. The van der Waals surface area contributed by atoms with Gasteiger partial charge in [0.25, 0.3) is 0 Å². The summed E-state index contributed by atoms with van der Waals surface area (Å²) in [6.45, 7) is 5.89. The normalized spacial score (nSPS) is 12.3. The molecule has 0 radical (unpaired) electrons. The summed E-state index contributed by atoms with van der Waals surface area (Å²) in [6, 6.07) is 2.78. The van der Waals surface area contributed by atoms with E-state index < -0.39 is 17.7 Å². The molecule has 6 heteroatoms. The first-order valence-electron chi connectivity index (χ1n) is 6.91. The SMILES string of the molecule is CCC(CC)(CC)Nc1ccc(C(F)(F)F)cc1C(=O)O. The average molecular weight is 303 g/mol. The lowest BCUT2D eigenvalue weighted by Gasteiger charge is -2.33. The molecule has 118 valence electrons. The second kappa shape index (κ2) is 6.37. The molecule has 0 bridgehead atoms. The lowest BCUT2D eigenvalue weighted by molar-refractivity contribution is -0.137. The minimum Gasteiger partial charge on any atom is -0.478 e. The predicted molar refractivity (Wildman–Crippen MR) is 75.6 cm³/mol. The van der Waals surface area contributed by atoms with Gasteiger partial charge in [-0.2, -0.15) is 13.2 Å². The van der Waals surface area contributed by atoms with E-state index in [0.717, 1.165) is 25.3 Å². The van der Waals surface area contributed by atoms with Crippen molar-refractivity contribution in [1.82, 2.24) is 0 Å². The van der Waals surface area contributed by atoms with Gasteiger partial charge in [-0.15, -0.1) is 0 Å². The molecule has 3 nitrogen and oxygen atoms in total. The van der Waals surface area contributed by atoms with Crippen molar-refractivity contribution in [2.75, 3.05) is 5.32 Å². The molecule has 0 aliphatic heterocycles. The molecule has 2 N–H and O–H groups in total. The Morgan fingerprint density at radius 3 is 2.05 bits per heavy atom. The maximum absolute atomic E-state index is 12.7. The first kappa shape index (κ1) is 17.3. The summed E-state index contributed by atoms with van der Waals surface area (Å²) in [6.07, 6.45) is -2.31. The topological polar surface area (TPSA) is 49.3 Å². The van der Waals surface area contributed by atoms with Crippen LogP contribution in [0.15, 0.2) is 18.2 Å². The van der Waals surface area contributed by atoms with Crippen LogP contribution in [0.3, 0.4) is 0 Å². The van der Waals surface area contributed by atoms with Crippen LogP contribution in [0, 0.1) is 0 Å². The van der Waals surface area contributed by atoms with E-state index in [4.69, 9.17) is 5.11 Å². The van der Waals surface area contributed by atoms with Crippen LogP contribution in [-0.4, -0.2) is 16.6 Å². The van der Waals surface area contributed by atoms with E-state index in [2.05, 4.69) is 5.32 Å². The molecule has 0 heterocycles. The molecular formula is C15H20F3NO2. The monoisotopic (exact) mass is 303 g/mol. The third kappa shape index (κ3) is 3.89. The summed E-state index contributed by atoms with van der Waals surface area (Å²) in [5.74, 6) is -1.37. The Balaban J connectivity index is 3.28. The molecule has 0 aromatic heterocycles. The highest BCUT2D eigenvalue weighted by Crippen LogP contribution is 2.34. The molecule has 0 saturated carbocycles. The number of anilines is 1. The number of halogens is 3. The smallest absolute Gasteiger partial charge is 0.416 e. The van der Waals surface area contributed by atoms with Crippen LogP contribution in [0.4, 0.5) is 18.9 Å². The van der Waals surface area contributed by atoms with Crippen molar-refractivity contribution in [1.29, 1.82) is 0 Å². The van der Waals surface area contributed by atoms with E-state index in [0.29, 0.717) is 6.07 Å². The van der Waals surface area contributed by atoms with Gasteiger partial charge in [-0.25, -0.2) is 4.79 Å². The third-order valence-electron chi connectivity index (χ3n) is 4.01. The number of carbonyl (C=O) groups is 1. The number of carboxylic acids is 1. The van der Waals surface area contributed by atoms with Crippen molar-refractivity contribution in [3.05, 3.63) is 29.3 Å². The second-order valence-corrected chi connectivity index (χ2v) is 5.03. The van der Waals surface area contributed by atoms with Gasteiger partial charge in [0.15, 0.2) is 0 Å². The standard InChI is InChI=1S/C15H20F3NO2/c1-4-14(5-2,6-3)19-12-8-7-10(15(16,17)18)9-11(12)13(20)21/h7-9,19H,4-6H2,1-3H3,(H,20,21). The number of rotatable bonds is 6. The number of benzene rings is 1. The molecule has 1 rings (SSSR count). The molecular weight excluding hydrogens is 283 g/mol. The third-order valence-corrected chi connectivity index (χ3v) is 4.01. The maximum Gasteiger partial charge on any atom is 0.416 e. The first-order chi connectivity index (χ1) is 9.69. The van der Waals surface area contributed by atoms with Crippen LogP contribution in [0.25, 0.3) is 0 Å². The van der Waals surface area contributed by atoms with Crippen molar-refractivity contribution < 1.29 is 23.1 Å². The van der Waals surface area contributed by atoms with Crippen molar-refractivity contribution in [3.63, 3.8) is 0 Å². The summed E-state index contributed by atoms with van der Waals surface area (Å²) in [7, 11) is 0. The number of hydrogen-bond donors (Lipinski definition) is 2. The maximum atomic E-state index is 12.7. The average Bonchev–Trinajstić information content (AvgIpc) is 2.43. The number of alkyl halides is 3. The Bertz CT molecular complexity index is 500. The summed E-state index contributed by atoms with van der Waals surface area (Å²) in [5.41, 5.74) is -1.41. The van der Waals surface area contributed by atoms with Crippen molar-refractivity contribution in [2.45, 2.75) is 51.7 Å². The Morgan fingerprint density at radius 1 is 1.14 bits per heavy atom. The molecule has 0 fully saturated rings. The summed E-state index contributed by atoms with van der Waals surface area (Å²) >= 11 is 0. The van der Waals surface area contributed by atoms with Crippen molar-refractivity contribution >= 4 is 11.7 Å². The molecule has 1 aromatic carbocycles. The van der Waals surface area contributed by atoms with Crippen LogP contribution in [0.2, 0.25) is 0 Å². The van der Waals surface area contributed by atoms with Crippen LogP contribution in [0.1, 0.15) is 56.0 Å². The fourth-order valence-corrected chi connectivity index (χ4v) is 2.31. The summed E-state index contributed by atoms with van der Waals surface area (Å²) < 4.78 is 38.1. The lowest BCUT2D eigenvalue weighted by Crippen LogP contribution is -2.36. The highest BCUT2D eigenvalue weighted by Gasteiger charge is 2.33. The van der Waals surface area contributed by atoms with Gasteiger partial charge >= 0.3 is 12.1 Å². The molecule has 0 saturated heterocycles. The zero-order valence-electron chi connectivity index (χ0n) is 12.3. The van der Waals surface area contributed by atoms with Gasteiger partial charge in [0, 0.05) is 11.2 Å². The van der Waals surface area contributed by atoms with E-state index >= 15 is 0 Å². The Kier molecular flexibility index (Phi) is 5.25. The van der Waals surface area contributed by atoms with E-state index in [1.54, 1.807) is 0 Å². The van der Waals surface area contributed by atoms with E-state index in [-0.39, 0.29) is 16.8 Å². The van der Waals surface area contributed by atoms with E-state index in [9.17, 15) is 18.0 Å². The van der Waals surface area contributed by atoms with Crippen LogP contribution in [-0.2, 0) is 6.18 Å². The zero-order chi connectivity index (χ0) is 16.3. The fraction of sp³-hybridized carbons (Fsp3) is 0.533. The fourth-order valence-electron chi connectivity index (χ4n) is 2.31. The van der Waals surface area contributed by atoms with Gasteiger partial charge in [-0.05, 0) is 37.5 Å². The minimum atomic E-state index is -4.56. The Hall–Kier alpha value is -1.72. The zero-order valence-corrected chi connectivity index (χ0v) is 12.3. The minimum absolute atomic E-state index is 0.223. The Morgan fingerprint density at radius 2 is 1.67 bits per heavy atom. The van der Waals surface area contributed by atoms with Gasteiger partial charge in [-0.3, -0.25) is 0 Å². The highest BCUT2D eigenvalue weighted by molar-refractivity contribution is 5.94. The molecule has 0 aliphatic carbocycles. The lowest BCUT2D eigenvalue weighted by atomic mass is 9.89. The van der Waals surface area contributed by atoms with Crippen molar-refractivity contribution in [3.8, 4) is 0 Å². The largest absolute Gasteiger partial charge is 0.478 e. The van der Waals surface area contributed by atoms with Crippen LogP contribution < -0.4 is 5.32 Å². The van der Waals surface area contributed by atoms with Gasteiger partial charge in [-0.1, -0.05) is 20.8 Å². The molecule has 21 heavy (non-hydrogen) atoms. The van der Waals surface area contributed by atoms with Gasteiger partial charge in [0.2, 0.25) is 0 Å². The van der Waals surface area contributed by atoms with Crippen molar-refractivity contribution in [2.24, 2.45) is 0 Å². The molecule has 0 spiro atoms. The number of carboxylic acid groups (broad SMARTS) is 1. The number of aromatic carboxylic acids is 1. The number of hydrogen-bond acceptors (Lipinski definition) is 2. The summed E-state index contributed by atoms with van der Waals surface area (Å²) in [4.78, 5) is 11.2.